The SMILES string of the molecule is Cc1nc(C(C)C)oc1C#N. The highest BCUT2D eigenvalue weighted by atomic mass is 16.4. The molecule has 58 valence electrons. The second-order valence-corrected chi connectivity index (χ2v) is 2.73. The molecule has 0 radical (unpaired) electrons. The summed E-state index contributed by atoms with van der Waals surface area (Å²) in [6.07, 6.45) is 0. The molecule has 1 heterocycles. The first-order valence-electron chi connectivity index (χ1n) is 3.52. The lowest BCUT2D eigenvalue weighted by atomic mass is 10.2. The molecule has 3 nitrogen and oxygen atoms in total. The molecule has 0 saturated carbocycles. The average Bonchev–Trinajstić information content (AvgIpc) is 2.31. The molecule has 0 unspecified atom stereocenters. The van der Waals surface area contributed by atoms with E-state index in [1.807, 2.05) is 19.9 Å². The van der Waals surface area contributed by atoms with Crippen LogP contribution in [0.2, 0.25) is 0 Å². The van der Waals surface area contributed by atoms with Crippen molar-refractivity contribution in [2.24, 2.45) is 0 Å². The molecule has 0 bridgehead atoms. The maximum absolute atomic E-state index is 8.53. The van der Waals surface area contributed by atoms with Crippen LogP contribution in [0.4, 0.5) is 0 Å². The predicted octanol–water partition coefficient (Wildman–Crippen LogP) is 1.98. The first-order valence-corrected chi connectivity index (χ1v) is 3.52. The normalized spacial score (nSPS) is 10.1. The van der Waals surface area contributed by atoms with Crippen LogP contribution in [0.1, 0.15) is 37.1 Å². The van der Waals surface area contributed by atoms with Crippen LogP contribution in [-0.2, 0) is 0 Å². The minimum atomic E-state index is 0.246. The van der Waals surface area contributed by atoms with Crippen LogP contribution in [0.15, 0.2) is 4.42 Å². The van der Waals surface area contributed by atoms with Crippen molar-refractivity contribution >= 4 is 0 Å². The summed E-state index contributed by atoms with van der Waals surface area (Å²) >= 11 is 0. The van der Waals surface area contributed by atoms with E-state index in [1.165, 1.54) is 0 Å². The number of aromatic nitrogens is 1. The Bertz CT molecular complexity index is 294. The largest absolute Gasteiger partial charge is 0.430 e. The third kappa shape index (κ3) is 1.40. The van der Waals surface area contributed by atoms with Gasteiger partial charge in [0, 0.05) is 5.92 Å². The molecule has 0 aromatic carbocycles. The van der Waals surface area contributed by atoms with Crippen molar-refractivity contribution in [2.45, 2.75) is 26.7 Å². The Kier molecular flexibility index (Phi) is 1.95. The summed E-state index contributed by atoms with van der Waals surface area (Å²) in [5.41, 5.74) is 0.677. The molecule has 0 aliphatic heterocycles. The van der Waals surface area contributed by atoms with Crippen LogP contribution in [-0.4, -0.2) is 4.98 Å². The average molecular weight is 150 g/mol. The Morgan fingerprint density at radius 3 is 2.45 bits per heavy atom. The summed E-state index contributed by atoms with van der Waals surface area (Å²) in [4.78, 5) is 4.09. The Morgan fingerprint density at radius 1 is 1.55 bits per heavy atom. The third-order valence-electron chi connectivity index (χ3n) is 1.41. The fourth-order valence-corrected chi connectivity index (χ4v) is 0.768. The van der Waals surface area contributed by atoms with Crippen LogP contribution in [0.5, 0.6) is 0 Å². The highest BCUT2D eigenvalue weighted by Crippen LogP contribution is 2.16. The van der Waals surface area contributed by atoms with E-state index in [9.17, 15) is 0 Å². The molecular weight excluding hydrogens is 140 g/mol. The lowest BCUT2D eigenvalue weighted by Crippen LogP contribution is -1.85. The zero-order valence-electron chi connectivity index (χ0n) is 6.88. The second kappa shape index (κ2) is 2.75. The van der Waals surface area contributed by atoms with Crippen molar-refractivity contribution in [3.05, 3.63) is 17.3 Å². The van der Waals surface area contributed by atoms with Crippen molar-refractivity contribution in [2.75, 3.05) is 0 Å². The zero-order valence-corrected chi connectivity index (χ0v) is 6.88. The summed E-state index contributed by atoms with van der Waals surface area (Å²) in [5.74, 6) is 1.21. The molecule has 11 heavy (non-hydrogen) atoms. The van der Waals surface area contributed by atoms with Gasteiger partial charge in [0.05, 0.1) is 5.69 Å². The molecular formula is C8H10N2O. The molecule has 1 aromatic rings. The molecule has 0 N–H and O–H groups in total. The van der Waals surface area contributed by atoms with E-state index in [2.05, 4.69) is 4.98 Å². The van der Waals surface area contributed by atoms with Gasteiger partial charge in [-0.2, -0.15) is 5.26 Å². The number of rotatable bonds is 1. The van der Waals surface area contributed by atoms with Gasteiger partial charge in [0.2, 0.25) is 5.76 Å². The molecule has 1 rings (SSSR count). The molecule has 0 amide bonds. The van der Waals surface area contributed by atoms with Gasteiger partial charge in [0.1, 0.15) is 6.07 Å². The number of aryl methyl sites for hydroxylation is 1. The van der Waals surface area contributed by atoms with Crippen LogP contribution < -0.4 is 0 Å². The van der Waals surface area contributed by atoms with Crippen molar-refractivity contribution < 1.29 is 4.42 Å². The molecule has 0 aliphatic carbocycles. The van der Waals surface area contributed by atoms with E-state index < -0.39 is 0 Å². The lowest BCUT2D eigenvalue weighted by molar-refractivity contribution is 0.462. The van der Waals surface area contributed by atoms with E-state index in [-0.39, 0.29) is 5.92 Å². The molecule has 3 heteroatoms. The van der Waals surface area contributed by atoms with Gasteiger partial charge in [-0.15, -0.1) is 0 Å². The lowest BCUT2D eigenvalue weighted by Gasteiger charge is -1.93. The Morgan fingerprint density at radius 2 is 2.18 bits per heavy atom. The van der Waals surface area contributed by atoms with Gasteiger partial charge >= 0.3 is 0 Å². The van der Waals surface area contributed by atoms with Crippen LogP contribution >= 0.6 is 0 Å². The Hall–Kier alpha value is -1.30. The van der Waals surface area contributed by atoms with Gasteiger partial charge in [-0.3, -0.25) is 0 Å². The smallest absolute Gasteiger partial charge is 0.226 e. The van der Waals surface area contributed by atoms with Gasteiger partial charge in [-0.25, -0.2) is 4.98 Å². The molecule has 0 atom stereocenters. The number of nitriles is 1. The third-order valence-corrected chi connectivity index (χ3v) is 1.41. The number of nitrogens with zero attached hydrogens (tertiary/aromatic N) is 2. The fourth-order valence-electron chi connectivity index (χ4n) is 0.768. The van der Waals surface area contributed by atoms with E-state index in [4.69, 9.17) is 9.68 Å². The van der Waals surface area contributed by atoms with Crippen molar-refractivity contribution in [3.8, 4) is 6.07 Å². The van der Waals surface area contributed by atoms with Crippen molar-refractivity contribution in [1.82, 2.24) is 4.98 Å². The van der Waals surface area contributed by atoms with Crippen LogP contribution in [0, 0.1) is 18.3 Å². The quantitative estimate of drug-likeness (QED) is 0.615. The van der Waals surface area contributed by atoms with Gasteiger partial charge in [-0.1, -0.05) is 13.8 Å². The van der Waals surface area contributed by atoms with Gasteiger partial charge in [0.15, 0.2) is 5.89 Å². The number of oxazole rings is 1. The van der Waals surface area contributed by atoms with Gasteiger partial charge in [-0.05, 0) is 6.92 Å². The molecule has 0 aliphatic rings. The maximum atomic E-state index is 8.53. The summed E-state index contributed by atoms with van der Waals surface area (Å²) in [6, 6.07) is 1.94. The standard InChI is InChI=1S/C8H10N2O/c1-5(2)8-10-6(3)7(4-9)11-8/h5H,1-3H3. The molecule has 0 fully saturated rings. The van der Waals surface area contributed by atoms with Crippen LogP contribution in [0.3, 0.4) is 0 Å². The minimum Gasteiger partial charge on any atom is -0.430 e. The zero-order chi connectivity index (χ0) is 8.43. The highest BCUT2D eigenvalue weighted by Gasteiger charge is 2.10. The summed E-state index contributed by atoms with van der Waals surface area (Å²) in [6.45, 7) is 5.73. The van der Waals surface area contributed by atoms with Gasteiger partial charge < -0.3 is 4.42 Å². The van der Waals surface area contributed by atoms with Gasteiger partial charge in [0.25, 0.3) is 0 Å². The van der Waals surface area contributed by atoms with Crippen molar-refractivity contribution in [3.63, 3.8) is 0 Å². The fraction of sp³-hybridized carbons (Fsp3) is 0.500. The topological polar surface area (TPSA) is 49.8 Å². The molecule has 0 saturated heterocycles. The Labute approximate surface area is 65.7 Å². The highest BCUT2D eigenvalue weighted by molar-refractivity contribution is 5.22. The number of hydrogen-bond acceptors (Lipinski definition) is 3. The maximum Gasteiger partial charge on any atom is 0.226 e. The monoisotopic (exact) mass is 150 g/mol. The predicted molar refractivity (Wildman–Crippen MR) is 40.0 cm³/mol. The van der Waals surface area contributed by atoms with E-state index in [0.717, 1.165) is 0 Å². The second-order valence-electron chi connectivity index (χ2n) is 2.73. The molecule has 0 spiro atoms. The first kappa shape index (κ1) is 7.80. The first-order chi connectivity index (χ1) is 5.15. The Balaban J connectivity index is 3.07. The summed E-state index contributed by atoms with van der Waals surface area (Å²) in [7, 11) is 0. The molecule has 1 aromatic heterocycles. The summed E-state index contributed by atoms with van der Waals surface area (Å²) < 4.78 is 5.15. The van der Waals surface area contributed by atoms with Crippen LogP contribution in [0.25, 0.3) is 0 Å². The minimum absolute atomic E-state index is 0.246. The van der Waals surface area contributed by atoms with E-state index in [0.29, 0.717) is 17.3 Å². The van der Waals surface area contributed by atoms with Crippen molar-refractivity contribution in [1.29, 1.82) is 5.26 Å². The van der Waals surface area contributed by atoms with E-state index in [1.54, 1.807) is 6.92 Å². The summed E-state index contributed by atoms with van der Waals surface area (Å²) in [5, 5.41) is 8.53. The number of hydrogen-bond donors (Lipinski definition) is 0. The van der Waals surface area contributed by atoms with E-state index >= 15 is 0 Å².